The smallest absolute Gasteiger partial charge is 0.412 e. The number of aliphatic hydroxyl groups is 3. The topological polar surface area (TPSA) is 178 Å². The van der Waals surface area contributed by atoms with E-state index in [4.69, 9.17) is 33.7 Å². The maximum atomic E-state index is 14.9. The number of oxime groups is 1. The number of hydrogen-bond acceptors (Lipinski definition) is 12. The largest absolute Gasteiger partial charge is 0.459 e. The summed E-state index contributed by atoms with van der Waals surface area (Å²) in [5, 5.41) is 37.6. The molecule has 14 nitrogen and oxygen atoms in total. The Kier molecular flexibility index (Phi) is 24.6. The molecule has 0 radical (unpaired) electrons. The summed E-state index contributed by atoms with van der Waals surface area (Å²) >= 11 is 0. The maximum Gasteiger partial charge on any atom is 0.412 e. The standard InChI is InChI=1S/C59H83N3O11/c1-3-5-6-7-8-9-10-11-12-23-37-69-58(67)62(32-38-68-39-35-65)54-42-52(61-71-44-46-26-17-14-18-27-46)50-40-47(28-19-21-33-63)49(29-20-22-34-64)55-51-41-48(72-57(66)60-43-45-24-15-13-16-25-45)30-31-53(51)73-59(54,56(50)55)70-36-4-2/h4,13-18,24-27,30-31,40-41,47,49,54-56,63-65H,2-3,5-12,19-23,28-29,32-39,42-44H2,1H3,(H,60,66). The molecule has 1 fully saturated rings. The van der Waals surface area contributed by atoms with Crippen LogP contribution in [-0.2, 0) is 32.2 Å². The van der Waals surface area contributed by atoms with E-state index in [2.05, 4.69) is 24.9 Å². The number of carbonyl (C=O) groups is 2. The van der Waals surface area contributed by atoms with Gasteiger partial charge in [0.2, 0.25) is 5.79 Å². The zero-order chi connectivity index (χ0) is 51.5. The third-order valence-electron chi connectivity index (χ3n) is 14.4. The maximum absolute atomic E-state index is 14.9. The summed E-state index contributed by atoms with van der Waals surface area (Å²) in [7, 11) is 0. The summed E-state index contributed by atoms with van der Waals surface area (Å²) in [5.74, 6) is -1.68. The molecular weight excluding hydrogens is 927 g/mol. The van der Waals surface area contributed by atoms with Crippen LogP contribution in [0.4, 0.5) is 9.59 Å². The number of nitrogens with one attached hydrogen (secondary N) is 1. The normalized spacial score (nSPS) is 21.3. The molecule has 1 aliphatic heterocycles. The average Bonchev–Trinajstić information content (AvgIpc) is 3.41. The number of nitrogens with zero attached hydrogens (tertiary/aromatic N) is 2. The molecule has 3 aliphatic rings. The minimum Gasteiger partial charge on any atom is -0.459 e. The Balaban J connectivity index is 1.43. The fraction of sp³-hybridized carbons (Fsp3) is 0.576. The highest BCUT2D eigenvalue weighted by Gasteiger charge is 2.65. The second-order valence-electron chi connectivity index (χ2n) is 19.6. The molecule has 6 atom stereocenters. The number of benzene rings is 3. The quantitative estimate of drug-likeness (QED) is 0.0254. The van der Waals surface area contributed by atoms with Crippen molar-refractivity contribution >= 4 is 17.9 Å². The van der Waals surface area contributed by atoms with Crippen molar-refractivity contribution in [1.29, 1.82) is 0 Å². The monoisotopic (exact) mass is 1010 g/mol. The summed E-state index contributed by atoms with van der Waals surface area (Å²) < 4.78 is 32.5. The van der Waals surface area contributed by atoms with Crippen LogP contribution in [0, 0.1) is 17.8 Å². The third-order valence-corrected chi connectivity index (χ3v) is 14.4. The van der Waals surface area contributed by atoms with Crippen LogP contribution in [0.15, 0.2) is 108 Å². The first-order valence-corrected chi connectivity index (χ1v) is 27.2. The highest BCUT2D eigenvalue weighted by atomic mass is 16.7. The van der Waals surface area contributed by atoms with Gasteiger partial charge in [-0.1, -0.05) is 156 Å². The lowest BCUT2D eigenvalue weighted by Crippen LogP contribution is -2.70. The van der Waals surface area contributed by atoms with Gasteiger partial charge >= 0.3 is 12.2 Å². The van der Waals surface area contributed by atoms with Crippen LogP contribution in [0.3, 0.4) is 0 Å². The Hall–Kier alpha value is -5.25. The molecule has 4 N–H and O–H groups in total. The second kappa shape index (κ2) is 31.5. The number of fused-ring (bicyclic) bond motifs is 2. The average molecular weight is 1010 g/mol. The summed E-state index contributed by atoms with van der Waals surface area (Å²) in [6.45, 7) is 7.35. The summed E-state index contributed by atoms with van der Waals surface area (Å²) in [4.78, 5) is 36.2. The number of carbonyl (C=O) groups excluding carboxylic acids is 2. The Bertz CT molecular complexity index is 2160. The minimum atomic E-state index is -1.54. The Morgan fingerprint density at radius 1 is 0.808 bits per heavy atom. The lowest BCUT2D eigenvalue weighted by Gasteiger charge is -2.59. The zero-order valence-corrected chi connectivity index (χ0v) is 43.3. The van der Waals surface area contributed by atoms with Crippen molar-refractivity contribution < 1.29 is 53.4 Å². The van der Waals surface area contributed by atoms with E-state index < -0.39 is 29.9 Å². The zero-order valence-electron chi connectivity index (χ0n) is 43.3. The first-order chi connectivity index (χ1) is 35.9. The molecule has 1 saturated carbocycles. The molecule has 6 unspecified atom stereocenters. The van der Waals surface area contributed by atoms with Crippen LogP contribution in [-0.4, -0.2) is 103 Å². The van der Waals surface area contributed by atoms with Gasteiger partial charge in [0.05, 0.1) is 44.7 Å². The molecule has 1 heterocycles. The van der Waals surface area contributed by atoms with Crippen molar-refractivity contribution in [3.8, 4) is 11.5 Å². The van der Waals surface area contributed by atoms with Gasteiger partial charge in [-0.15, -0.1) is 6.58 Å². The molecule has 2 amide bonds. The van der Waals surface area contributed by atoms with Gasteiger partial charge in [0.15, 0.2) is 0 Å². The molecule has 3 aromatic carbocycles. The van der Waals surface area contributed by atoms with E-state index in [0.717, 1.165) is 73.6 Å². The van der Waals surface area contributed by atoms with Gasteiger partial charge in [-0.2, -0.15) is 0 Å². The van der Waals surface area contributed by atoms with Gasteiger partial charge in [0.25, 0.3) is 0 Å². The predicted octanol–water partition coefficient (Wildman–Crippen LogP) is 11.2. The van der Waals surface area contributed by atoms with E-state index in [1.807, 2.05) is 72.8 Å². The third kappa shape index (κ3) is 16.6. The van der Waals surface area contributed by atoms with Crippen molar-refractivity contribution in [2.75, 3.05) is 52.8 Å². The molecule has 14 heteroatoms. The predicted molar refractivity (Wildman–Crippen MR) is 283 cm³/mol. The summed E-state index contributed by atoms with van der Waals surface area (Å²) in [6.07, 6.45) is 18.7. The molecule has 0 aromatic heterocycles. The van der Waals surface area contributed by atoms with E-state index in [9.17, 15) is 24.9 Å². The number of aliphatic hydroxyl groups excluding tert-OH is 3. The van der Waals surface area contributed by atoms with E-state index >= 15 is 0 Å². The van der Waals surface area contributed by atoms with Crippen LogP contribution in [0.2, 0.25) is 0 Å². The molecule has 0 bridgehead atoms. The number of allylic oxidation sites excluding steroid dienone is 1. The highest BCUT2D eigenvalue weighted by molar-refractivity contribution is 6.03. The van der Waals surface area contributed by atoms with Gasteiger partial charge in [-0.3, -0.25) is 4.90 Å². The Labute approximate surface area is 434 Å². The number of amides is 2. The van der Waals surface area contributed by atoms with Crippen molar-refractivity contribution in [1.82, 2.24) is 10.2 Å². The Morgan fingerprint density at radius 2 is 1.49 bits per heavy atom. The fourth-order valence-electron chi connectivity index (χ4n) is 10.9. The van der Waals surface area contributed by atoms with E-state index in [1.165, 1.54) is 38.5 Å². The molecule has 73 heavy (non-hydrogen) atoms. The van der Waals surface area contributed by atoms with E-state index in [0.29, 0.717) is 30.1 Å². The molecule has 2 aliphatic carbocycles. The first kappa shape index (κ1) is 57.0. The van der Waals surface area contributed by atoms with Crippen LogP contribution in [0.5, 0.6) is 11.5 Å². The number of rotatable bonds is 34. The second-order valence-corrected chi connectivity index (χ2v) is 19.6. The van der Waals surface area contributed by atoms with Gasteiger partial charge in [0.1, 0.15) is 24.1 Å². The lowest BCUT2D eigenvalue weighted by molar-refractivity contribution is -0.256. The van der Waals surface area contributed by atoms with Gasteiger partial charge in [0, 0.05) is 44.2 Å². The van der Waals surface area contributed by atoms with Crippen molar-refractivity contribution in [3.05, 3.63) is 120 Å². The minimum absolute atomic E-state index is 0.00632. The van der Waals surface area contributed by atoms with Crippen molar-refractivity contribution in [2.45, 2.75) is 147 Å². The highest BCUT2D eigenvalue weighted by Crippen LogP contribution is 2.62. The number of unbranched alkanes of at least 4 members (excludes halogenated alkanes) is 11. The molecule has 6 rings (SSSR count). The van der Waals surface area contributed by atoms with Crippen LogP contribution < -0.4 is 14.8 Å². The number of hydrogen-bond donors (Lipinski definition) is 4. The van der Waals surface area contributed by atoms with E-state index in [1.54, 1.807) is 17.0 Å². The van der Waals surface area contributed by atoms with Crippen LogP contribution in [0.25, 0.3) is 0 Å². The summed E-state index contributed by atoms with van der Waals surface area (Å²) in [6, 6.07) is 24.0. The van der Waals surface area contributed by atoms with Gasteiger partial charge < -0.3 is 49.2 Å². The summed E-state index contributed by atoms with van der Waals surface area (Å²) in [5.41, 5.74) is 4.20. The van der Waals surface area contributed by atoms with Crippen molar-refractivity contribution in [2.24, 2.45) is 22.9 Å². The molecule has 0 saturated heterocycles. The Morgan fingerprint density at radius 3 is 2.18 bits per heavy atom. The van der Waals surface area contributed by atoms with Gasteiger partial charge in [-0.25, -0.2) is 9.59 Å². The van der Waals surface area contributed by atoms with Crippen LogP contribution in [0.1, 0.15) is 139 Å². The first-order valence-electron chi connectivity index (χ1n) is 27.2. The lowest BCUT2D eigenvalue weighted by atomic mass is 9.55. The fourth-order valence-corrected chi connectivity index (χ4v) is 10.9. The van der Waals surface area contributed by atoms with Gasteiger partial charge in [-0.05, 0) is 78.8 Å². The number of ether oxygens (including phenoxy) is 5. The van der Waals surface area contributed by atoms with Crippen LogP contribution >= 0.6 is 0 Å². The SMILES string of the molecule is C=CCOC12Oc3ccc(OC(=O)NCc4ccccc4)cc3C3C(CCCCO)C(CCCCO)C=C(C(=NOCc4ccccc4)CC1N(CCOCCO)C(=O)OCCCCCCCCCCCC)C32. The molecule has 3 aromatic rings. The molecule has 0 spiro atoms. The molecular formula is C59H83N3O11. The van der Waals surface area contributed by atoms with Crippen molar-refractivity contribution in [3.63, 3.8) is 0 Å². The van der Waals surface area contributed by atoms with E-state index in [-0.39, 0.29) is 90.1 Å². The molecule has 400 valence electrons.